The minimum Gasteiger partial charge on any atom is -0.126 e. The molecular formula is C10H16Cl2. The van der Waals surface area contributed by atoms with E-state index >= 15 is 0 Å². The van der Waals surface area contributed by atoms with Crippen LogP contribution in [-0.2, 0) is 0 Å². The van der Waals surface area contributed by atoms with E-state index in [9.17, 15) is 0 Å². The highest BCUT2D eigenvalue weighted by Crippen LogP contribution is 2.39. The third-order valence-electron chi connectivity index (χ3n) is 2.42. The van der Waals surface area contributed by atoms with E-state index in [1.165, 1.54) is 12.8 Å². The topological polar surface area (TPSA) is 0 Å². The summed E-state index contributed by atoms with van der Waals surface area (Å²) in [7, 11) is 0. The van der Waals surface area contributed by atoms with E-state index in [4.69, 9.17) is 23.2 Å². The Hall–Kier alpha value is 0.320. The average molecular weight is 207 g/mol. The van der Waals surface area contributed by atoms with Crippen molar-refractivity contribution in [2.24, 2.45) is 11.8 Å². The molecule has 2 heteroatoms. The fraction of sp³-hybridized carbons (Fsp3) is 0.800. The standard InChI is InChI=1S/C10H16Cl2/c1-8(9-4-5-9)7-10(12)3-2-6-11/h3,8-9H,2,4-7H2,1H3/b10-3-. The minimum absolute atomic E-state index is 0.675. The smallest absolute Gasteiger partial charge is 0.0258 e. The van der Waals surface area contributed by atoms with E-state index in [1.807, 2.05) is 6.08 Å². The van der Waals surface area contributed by atoms with Crippen LogP contribution in [0.1, 0.15) is 32.6 Å². The first-order valence-electron chi connectivity index (χ1n) is 4.64. The van der Waals surface area contributed by atoms with Crippen molar-refractivity contribution in [3.8, 4) is 0 Å². The second-order valence-electron chi connectivity index (χ2n) is 3.65. The van der Waals surface area contributed by atoms with Gasteiger partial charge in [-0.1, -0.05) is 24.6 Å². The van der Waals surface area contributed by atoms with Gasteiger partial charge in [-0.3, -0.25) is 0 Å². The minimum atomic E-state index is 0.675. The molecule has 0 N–H and O–H groups in total. The van der Waals surface area contributed by atoms with Gasteiger partial charge in [-0.2, -0.15) is 0 Å². The molecule has 1 fully saturated rings. The van der Waals surface area contributed by atoms with Crippen LogP contribution < -0.4 is 0 Å². The van der Waals surface area contributed by atoms with Crippen LogP contribution in [0, 0.1) is 11.8 Å². The molecule has 1 atom stereocenters. The van der Waals surface area contributed by atoms with E-state index in [1.54, 1.807) is 0 Å². The molecule has 0 aromatic rings. The molecule has 0 amide bonds. The Balaban J connectivity index is 2.19. The van der Waals surface area contributed by atoms with Crippen molar-refractivity contribution in [1.82, 2.24) is 0 Å². The van der Waals surface area contributed by atoms with Crippen LogP contribution in [0.5, 0.6) is 0 Å². The van der Waals surface area contributed by atoms with Gasteiger partial charge in [0.15, 0.2) is 0 Å². The molecule has 12 heavy (non-hydrogen) atoms. The summed E-state index contributed by atoms with van der Waals surface area (Å²) in [5.41, 5.74) is 0. The molecule has 0 bridgehead atoms. The monoisotopic (exact) mass is 206 g/mol. The molecule has 1 aliphatic carbocycles. The van der Waals surface area contributed by atoms with E-state index in [0.29, 0.717) is 5.88 Å². The van der Waals surface area contributed by atoms with Crippen molar-refractivity contribution < 1.29 is 0 Å². The Morgan fingerprint density at radius 2 is 2.25 bits per heavy atom. The van der Waals surface area contributed by atoms with E-state index in [2.05, 4.69) is 6.92 Å². The summed E-state index contributed by atoms with van der Waals surface area (Å²) in [4.78, 5) is 0. The van der Waals surface area contributed by atoms with Crippen molar-refractivity contribution in [2.45, 2.75) is 32.6 Å². The van der Waals surface area contributed by atoms with Crippen molar-refractivity contribution in [3.63, 3.8) is 0 Å². The third kappa shape index (κ3) is 3.82. The first-order valence-corrected chi connectivity index (χ1v) is 5.55. The van der Waals surface area contributed by atoms with Gasteiger partial charge in [0.1, 0.15) is 0 Å². The number of halogens is 2. The molecule has 1 rings (SSSR count). The van der Waals surface area contributed by atoms with Gasteiger partial charge in [-0.15, -0.1) is 11.6 Å². The molecule has 1 saturated carbocycles. The van der Waals surface area contributed by atoms with Gasteiger partial charge >= 0.3 is 0 Å². The van der Waals surface area contributed by atoms with Gasteiger partial charge in [0.05, 0.1) is 0 Å². The molecule has 0 radical (unpaired) electrons. The fourth-order valence-electron chi connectivity index (χ4n) is 1.43. The summed E-state index contributed by atoms with van der Waals surface area (Å²) in [6.45, 7) is 2.29. The number of alkyl halides is 1. The van der Waals surface area contributed by atoms with Crippen LogP contribution in [0.2, 0.25) is 0 Å². The maximum absolute atomic E-state index is 6.03. The third-order valence-corrected chi connectivity index (χ3v) is 2.95. The predicted octanol–water partition coefficient (Wildman–Crippen LogP) is 4.17. The van der Waals surface area contributed by atoms with Gasteiger partial charge < -0.3 is 0 Å². The second kappa shape index (κ2) is 5.14. The molecule has 70 valence electrons. The summed E-state index contributed by atoms with van der Waals surface area (Å²) in [6, 6.07) is 0. The lowest BCUT2D eigenvalue weighted by atomic mass is 10.0. The predicted molar refractivity (Wildman–Crippen MR) is 55.8 cm³/mol. The van der Waals surface area contributed by atoms with Crippen molar-refractivity contribution in [1.29, 1.82) is 0 Å². The summed E-state index contributed by atoms with van der Waals surface area (Å²) in [5.74, 6) is 2.39. The zero-order chi connectivity index (χ0) is 8.97. The highest BCUT2D eigenvalue weighted by Gasteiger charge is 2.27. The van der Waals surface area contributed by atoms with Gasteiger partial charge in [-0.05, 0) is 37.5 Å². The van der Waals surface area contributed by atoms with E-state index in [-0.39, 0.29) is 0 Å². The van der Waals surface area contributed by atoms with Gasteiger partial charge in [0.2, 0.25) is 0 Å². The van der Waals surface area contributed by atoms with Gasteiger partial charge in [0.25, 0.3) is 0 Å². The average Bonchev–Trinajstić information content (AvgIpc) is 2.82. The molecule has 0 aliphatic heterocycles. The van der Waals surface area contributed by atoms with Crippen LogP contribution in [0.25, 0.3) is 0 Å². The first-order chi connectivity index (χ1) is 5.74. The van der Waals surface area contributed by atoms with Gasteiger partial charge in [0, 0.05) is 10.9 Å². The Bertz CT molecular complexity index is 159. The molecule has 0 heterocycles. The zero-order valence-electron chi connectivity index (χ0n) is 7.52. The second-order valence-corrected chi connectivity index (χ2v) is 4.51. The van der Waals surface area contributed by atoms with Crippen LogP contribution in [0.4, 0.5) is 0 Å². The number of allylic oxidation sites excluding steroid dienone is 2. The van der Waals surface area contributed by atoms with Crippen molar-refractivity contribution in [2.75, 3.05) is 5.88 Å². The summed E-state index contributed by atoms with van der Waals surface area (Å²) in [6.07, 6.45) is 6.80. The van der Waals surface area contributed by atoms with Crippen molar-refractivity contribution >= 4 is 23.2 Å². The van der Waals surface area contributed by atoms with Crippen LogP contribution >= 0.6 is 23.2 Å². The fourth-order valence-corrected chi connectivity index (χ4v) is 1.90. The molecule has 0 nitrogen and oxygen atoms in total. The lowest BCUT2D eigenvalue weighted by molar-refractivity contribution is 0.512. The Labute approximate surface area is 84.9 Å². The lowest BCUT2D eigenvalue weighted by Crippen LogP contribution is -1.96. The molecule has 1 aliphatic rings. The maximum Gasteiger partial charge on any atom is 0.0258 e. The first kappa shape index (κ1) is 10.4. The van der Waals surface area contributed by atoms with Gasteiger partial charge in [-0.25, -0.2) is 0 Å². The van der Waals surface area contributed by atoms with Crippen LogP contribution in [0.3, 0.4) is 0 Å². The Morgan fingerprint density at radius 1 is 1.58 bits per heavy atom. The normalized spacial score (nSPS) is 21.1. The SMILES string of the molecule is CC(C/C(Cl)=C/CCCl)C1CC1. The van der Waals surface area contributed by atoms with E-state index < -0.39 is 0 Å². The number of rotatable bonds is 5. The summed E-state index contributed by atoms with van der Waals surface area (Å²) < 4.78 is 0. The molecule has 0 spiro atoms. The molecule has 1 unspecified atom stereocenters. The summed E-state index contributed by atoms with van der Waals surface area (Å²) >= 11 is 11.6. The molecule has 0 saturated heterocycles. The van der Waals surface area contributed by atoms with Crippen molar-refractivity contribution in [3.05, 3.63) is 11.1 Å². The summed E-state index contributed by atoms with van der Waals surface area (Å²) in [5, 5.41) is 0.995. The Morgan fingerprint density at radius 3 is 2.75 bits per heavy atom. The Kier molecular flexibility index (Phi) is 4.45. The largest absolute Gasteiger partial charge is 0.126 e. The quantitative estimate of drug-likeness (QED) is 0.593. The van der Waals surface area contributed by atoms with Crippen LogP contribution in [-0.4, -0.2) is 5.88 Å². The van der Waals surface area contributed by atoms with E-state index in [0.717, 1.165) is 29.7 Å². The highest BCUT2D eigenvalue weighted by molar-refractivity contribution is 6.29. The molecule has 0 aromatic heterocycles. The highest BCUT2D eigenvalue weighted by atomic mass is 35.5. The number of hydrogen-bond acceptors (Lipinski definition) is 0. The zero-order valence-corrected chi connectivity index (χ0v) is 9.04. The maximum atomic E-state index is 6.03. The molecular weight excluding hydrogens is 191 g/mol. The van der Waals surface area contributed by atoms with Crippen LogP contribution in [0.15, 0.2) is 11.1 Å². The lowest BCUT2D eigenvalue weighted by Gasteiger charge is -2.07. The molecule has 0 aromatic carbocycles. The number of hydrogen-bond donors (Lipinski definition) is 0.